The molecule has 0 saturated heterocycles. The molecule has 7 heteroatoms. The third-order valence-corrected chi connectivity index (χ3v) is 4.20. The van der Waals surface area contributed by atoms with Crippen LogP contribution in [0.1, 0.15) is 65.2 Å². The number of nitrogens with two attached hydrogens (primary N) is 1. The zero-order chi connectivity index (χ0) is 18.5. The van der Waals surface area contributed by atoms with Crippen LogP contribution in [0, 0.1) is 0 Å². The van der Waals surface area contributed by atoms with E-state index in [0.29, 0.717) is 32.2 Å². The fourth-order valence-electron chi connectivity index (χ4n) is 2.45. The van der Waals surface area contributed by atoms with E-state index >= 15 is 0 Å². The smallest absolute Gasteiger partial charge is 0.326 e. The summed E-state index contributed by atoms with van der Waals surface area (Å²) in [6.07, 6.45) is 5.47. The summed E-state index contributed by atoms with van der Waals surface area (Å²) in [6, 6.07) is -1.56. The van der Waals surface area contributed by atoms with Crippen LogP contribution in [0.4, 0.5) is 0 Å². The molecule has 0 spiro atoms. The van der Waals surface area contributed by atoms with Crippen molar-refractivity contribution in [1.82, 2.24) is 10.2 Å². The molecule has 0 fully saturated rings. The monoisotopic (exact) mass is 345 g/mol. The summed E-state index contributed by atoms with van der Waals surface area (Å²) in [6.45, 7) is 4.66. The lowest BCUT2D eigenvalue weighted by molar-refractivity contribution is -0.142. The van der Waals surface area contributed by atoms with E-state index in [-0.39, 0.29) is 0 Å². The second kappa shape index (κ2) is 13.1. The molecule has 142 valence electrons. The minimum absolute atomic E-state index is 0.360. The maximum Gasteiger partial charge on any atom is 0.326 e. The summed E-state index contributed by atoms with van der Waals surface area (Å²) < 4.78 is 0. The molecule has 1 amide bonds. The van der Waals surface area contributed by atoms with Crippen molar-refractivity contribution in [3.05, 3.63) is 0 Å². The first-order valence-electron chi connectivity index (χ1n) is 9.00. The average molecular weight is 345 g/mol. The molecule has 5 N–H and O–H groups in total. The number of hydrogen-bond acceptors (Lipinski definition) is 5. The van der Waals surface area contributed by atoms with Gasteiger partial charge < -0.3 is 21.3 Å². The number of carboxylic acids is 1. The predicted octanol–water partition coefficient (Wildman–Crippen LogP) is 1.29. The van der Waals surface area contributed by atoms with E-state index in [2.05, 4.69) is 12.2 Å². The van der Waals surface area contributed by atoms with Crippen LogP contribution < -0.4 is 11.1 Å². The van der Waals surface area contributed by atoms with Crippen LogP contribution >= 0.6 is 0 Å². The lowest BCUT2D eigenvalue weighted by Crippen LogP contribution is -2.48. The van der Waals surface area contributed by atoms with Gasteiger partial charge in [-0.05, 0) is 39.2 Å². The van der Waals surface area contributed by atoms with E-state index in [1.54, 1.807) is 0 Å². The topological polar surface area (TPSA) is 116 Å². The van der Waals surface area contributed by atoms with E-state index in [1.165, 1.54) is 0 Å². The summed E-state index contributed by atoms with van der Waals surface area (Å²) >= 11 is 0. The second-order valence-electron chi connectivity index (χ2n) is 6.37. The molecule has 0 aliphatic heterocycles. The van der Waals surface area contributed by atoms with Crippen LogP contribution in [0.25, 0.3) is 0 Å². The van der Waals surface area contributed by atoms with Crippen molar-refractivity contribution in [2.45, 2.75) is 83.5 Å². The Morgan fingerprint density at radius 3 is 2.29 bits per heavy atom. The van der Waals surface area contributed by atoms with Crippen molar-refractivity contribution < 1.29 is 19.8 Å². The zero-order valence-corrected chi connectivity index (χ0v) is 15.3. The molecule has 0 aromatic heterocycles. The molecule has 0 aliphatic carbocycles. The molecule has 24 heavy (non-hydrogen) atoms. The number of unbranched alkanes of at least 4 members (excludes halogenated alkanes) is 3. The summed E-state index contributed by atoms with van der Waals surface area (Å²) in [4.78, 5) is 25.1. The van der Waals surface area contributed by atoms with E-state index in [1.807, 2.05) is 18.9 Å². The second-order valence-corrected chi connectivity index (χ2v) is 6.37. The van der Waals surface area contributed by atoms with Gasteiger partial charge in [-0.2, -0.15) is 0 Å². The number of nitrogens with zero attached hydrogens (tertiary/aromatic N) is 1. The number of aliphatic hydroxyl groups is 1. The molecule has 0 aliphatic rings. The normalized spacial score (nSPS) is 15.1. The number of amides is 1. The molecule has 0 aromatic carbocycles. The summed E-state index contributed by atoms with van der Waals surface area (Å²) in [7, 11) is 1.83. The van der Waals surface area contributed by atoms with Crippen molar-refractivity contribution in [3.8, 4) is 0 Å². The van der Waals surface area contributed by atoms with E-state index in [4.69, 9.17) is 5.73 Å². The average Bonchev–Trinajstić information content (AvgIpc) is 2.56. The third kappa shape index (κ3) is 9.85. The maximum absolute atomic E-state index is 12.0. The Hall–Kier alpha value is -1.18. The van der Waals surface area contributed by atoms with Gasteiger partial charge in [0, 0.05) is 6.54 Å². The largest absolute Gasteiger partial charge is 0.480 e. The minimum Gasteiger partial charge on any atom is -0.480 e. The van der Waals surface area contributed by atoms with Crippen molar-refractivity contribution >= 4 is 11.9 Å². The van der Waals surface area contributed by atoms with E-state index in [0.717, 1.165) is 25.7 Å². The molecule has 0 bridgehead atoms. The van der Waals surface area contributed by atoms with E-state index in [9.17, 15) is 19.8 Å². The first-order chi connectivity index (χ1) is 11.3. The maximum atomic E-state index is 12.0. The van der Waals surface area contributed by atoms with Gasteiger partial charge in [-0.3, -0.25) is 9.69 Å². The predicted molar refractivity (Wildman–Crippen MR) is 94.5 cm³/mol. The standard InChI is InChI=1S/C17H35N3O4/c1-4-6-7-10-13(18)16(22)19-14(17(23)24)11-8-9-12-20(3)15(21)5-2/h13-15,21H,4-12,18H2,1-3H3,(H,19,22)(H,23,24). The summed E-state index contributed by atoms with van der Waals surface area (Å²) in [5, 5.41) is 21.4. The lowest BCUT2D eigenvalue weighted by Gasteiger charge is -2.22. The van der Waals surface area contributed by atoms with Crippen molar-refractivity contribution in [1.29, 1.82) is 0 Å². The molecule has 3 atom stereocenters. The van der Waals surface area contributed by atoms with Crippen LogP contribution in [-0.4, -0.2) is 58.9 Å². The Bertz CT molecular complexity index is 366. The van der Waals surface area contributed by atoms with Crippen LogP contribution in [0.15, 0.2) is 0 Å². The molecule has 0 aromatic rings. The number of carboxylic acid groups (broad SMARTS) is 1. The highest BCUT2D eigenvalue weighted by molar-refractivity contribution is 5.86. The minimum atomic E-state index is -1.04. The van der Waals surface area contributed by atoms with Gasteiger partial charge in [-0.15, -0.1) is 0 Å². The molecule has 3 unspecified atom stereocenters. The number of hydrogen-bond donors (Lipinski definition) is 4. The molecule has 0 radical (unpaired) electrons. The van der Waals surface area contributed by atoms with Gasteiger partial charge >= 0.3 is 5.97 Å². The molecular weight excluding hydrogens is 310 g/mol. The van der Waals surface area contributed by atoms with Gasteiger partial charge in [0.25, 0.3) is 0 Å². The van der Waals surface area contributed by atoms with Crippen LogP contribution in [0.2, 0.25) is 0 Å². The molecular formula is C17H35N3O4. The number of aliphatic hydroxyl groups excluding tert-OH is 1. The third-order valence-electron chi connectivity index (χ3n) is 4.20. The number of carbonyl (C=O) groups excluding carboxylic acids is 1. The molecule has 0 heterocycles. The van der Waals surface area contributed by atoms with Crippen LogP contribution in [0.5, 0.6) is 0 Å². The fraction of sp³-hybridized carbons (Fsp3) is 0.882. The lowest BCUT2D eigenvalue weighted by atomic mass is 10.1. The first-order valence-corrected chi connectivity index (χ1v) is 9.00. The van der Waals surface area contributed by atoms with Crippen molar-refractivity contribution in [2.75, 3.05) is 13.6 Å². The quantitative estimate of drug-likeness (QED) is 0.278. The molecule has 0 saturated carbocycles. The summed E-state index contributed by atoms with van der Waals surface area (Å²) in [5.74, 6) is -1.43. The first kappa shape index (κ1) is 22.8. The Kier molecular flexibility index (Phi) is 12.5. The van der Waals surface area contributed by atoms with Crippen molar-refractivity contribution in [2.24, 2.45) is 5.73 Å². The number of rotatable bonds is 14. The summed E-state index contributed by atoms with van der Waals surface area (Å²) in [5.41, 5.74) is 5.81. The molecule has 7 nitrogen and oxygen atoms in total. The highest BCUT2D eigenvalue weighted by Crippen LogP contribution is 2.07. The van der Waals surface area contributed by atoms with Gasteiger partial charge in [0.2, 0.25) is 5.91 Å². The van der Waals surface area contributed by atoms with E-state index < -0.39 is 30.2 Å². The number of nitrogens with one attached hydrogen (secondary N) is 1. The highest BCUT2D eigenvalue weighted by atomic mass is 16.4. The van der Waals surface area contributed by atoms with Gasteiger partial charge in [-0.1, -0.05) is 33.1 Å². The number of carbonyl (C=O) groups is 2. The zero-order valence-electron chi connectivity index (χ0n) is 15.3. The van der Waals surface area contributed by atoms with Gasteiger partial charge in [0.05, 0.1) is 6.04 Å². The highest BCUT2D eigenvalue weighted by Gasteiger charge is 2.22. The Morgan fingerprint density at radius 2 is 1.75 bits per heavy atom. The Labute approximate surface area is 145 Å². The SMILES string of the molecule is CCCCCC(N)C(=O)NC(CCCCN(C)C(O)CC)C(=O)O. The number of aliphatic carboxylic acids is 1. The van der Waals surface area contributed by atoms with Gasteiger partial charge in [0.15, 0.2) is 0 Å². The van der Waals surface area contributed by atoms with Crippen molar-refractivity contribution in [3.63, 3.8) is 0 Å². The van der Waals surface area contributed by atoms with Gasteiger partial charge in [0.1, 0.15) is 12.3 Å². The van der Waals surface area contributed by atoms with Crippen LogP contribution in [-0.2, 0) is 9.59 Å². The van der Waals surface area contributed by atoms with Crippen LogP contribution in [0.3, 0.4) is 0 Å². The van der Waals surface area contributed by atoms with Gasteiger partial charge in [-0.25, -0.2) is 4.79 Å². The Morgan fingerprint density at radius 1 is 1.12 bits per heavy atom. The fourth-order valence-corrected chi connectivity index (χ4v) is 2.45. The molecule has 0 rings (SSSR count). The Balaban J connectivity index is 4.17.